The maximum atomic E-state index is 14.5. The molecule has 1 aliphatic rings. The SMILES string of the molecule is CC(=O)Nc1ccc(C2=C(Nc3ccc(C)cc3)C(=O)N(c3ccccc3F)C2=O)cc1. The fourth-order valence-corrected chi connectivity index (χ4v) is 3.47. The first-order valence-electron chi connectivity index (χ1n) is 9.94. The summed E-state index contributed by atoms with van der Waals surface area (Å²) in [5, 5.41) is 5.70. The quantitative estimate of drug-likeness (QED) is 0.586. The molecule has 0 spiro atoms. The van der Waals surface area contributed by atoms with Gasteiger partial charge in [-0.05, 0) is 48.9 Å². The van der Waals surface area contributed by atoms with Gasteiger partial charge in [0.05, 0.1) is 11.3 Å². The van der Waals surface area contributed by atoms with Gasteiger partial charge in [-0.3, -0.25) is 14.4 Å². The van der Waals surface area contributed by atoms with Crippen molar-refractivity contribution in [2.75, 3.05) is 15.5 Å². The van der Waals surface area contributed by atoms with Crippen molar-refractivity contribution in [2.45, 2.75) is 13.8 Å². The average Bonchev–Trinajstić information content (AvgIpc) is 3.00. The monoisotopic (exact) mass is 429 g/mol. The summed E-state index contributed by atoms with van der Waals surface area (Å²) >= 11 is 0. The molecular weight excluding hydrogens is 409 g/mol. The van der Waals surface area contributed by atoms with Gasteiger partial charge in [-0.25, -0.2) is 9.29 Å². The Morgan fingerprint density at radius 3 is 2.09 bits per heavy atom. The number of aryl methyl sites for hydroxylation is 1. The van der Waals surface area contributed by atoms with E-state index in [2.05, 4.69) is 10.6 Å². The molecule has 7 heteroatoms. The number of halogens is 1. The zero-order chi connectivity index (χ0) is 22.8. The molecule has 3 aromatic carbocycles. The molecule has 160 valence electrons. The Balaban J connectivity index is 1.79. The molecule has 6 nitrogen and oxygen atoms in total. The van der Waals surface area contributed by atoms with E-state index >= 15 is 0 Å². The topological polar surface area (TPSA) is 78.5 Å². The first-order chi connectivity index (χ1) is 15.3. The van der Waals surface area contributed by atoms with Crippen LogP contribution in [-0.2, 0) is 14.4 Å². The number of hydrogen-bond acceptors (Lipinski definition) is 4. The number of nitrogens with one attached hydrogen (secondary N) is 2. The van der Waals surface area contributed by atoms with Crippen LogP contribution in [0.2, 0.25) is 0 Å². The summed E-state index contributed by atoms with van der Waals surface area (Å²) in [4.78, 5) is 38.8. The maximum absolute atomic E-state index is 14.5. The first kappa shape index (κ1) is 21.0. The summed E-state index contributed by atoms with van der Waals surface area (Å²) in [6.45, 7) is 3.33. The van der Waals surface area contributed by atoms with Gasteiger partial charge in [-0.1, -0.05) is 42.0 Å². The zero-order valence-corrected chi connectivity index (χ0v) is 17.5. The van der Waals surface area contributed by atoms with E-state index in [-0.39, 0.29) is 22.9 Å². The second kappa shape index (κ2) is 8.47. The molecule has 1 heterocycles. The second-order valence-corrected chi connectivity index (χ2v) is 7.40. The van der Waals surface area contributed by atoms with E-state index in [1.165, 1.54) is 25.1 Å². The number of hydrogen-bond donors (Lipinski definition) is 2. The summed E-state index contributed by atoms with van der Waals surface area (Å²) in [6.07, 6.45) is 0. The van der Waals surface area contributed by atoms with E-state index in [9.17, 15) is 18.8 Å². The van der Waals surface area contributed by atoms with Crippen molar-refractivity contribution >= 4 is 40.4 Å². The van der Waals surface area contributed by atoms with Gasteiger partial charge in [0.25, 0.3) is 11.8 Å². The largest absolute Gasteiger partial charge is 0.350 e. The van der Waals surface area contributed by atoms with E-state index in [0.717, 1.165) is 10.5 Å². The van der Waals surface area contributed by atoms with Gasteiger partial charge >= 0.3 is 0 Å². The molecule has 3 amide bonds. The maximum Gasteiger partial charge on any atom is 0.282 e. The lowest BCUT2D eigenvalue weighted by molar-refractivity contribution is -0.120. The predicted octanol–water partition coefficient (Wildman–Crippen LogP) is 4.49. The molecule has 0 aliphatic carbocycles. The molecule has 0 atom stereocenters. The number of para-hydroxylation sites is 1. The molecule has 3 aromatic rings. The van der Waals surface area contributed by atoms with Gasteiger partial charge in [0.2, 0.25) is 5.91 Å². The van der Waals surface area contributed by atoms with Crippen molar-refractivity contribution in [1.29, 1.82) is 0 Å². The summed E-state index contributed by atoms with van der Waals surface area (Å²) in [5.41, 5.74) is 2.73. The highest BCUT2D eigenvalue weighted by molar-refractivity contribution is 6.46. The second-order valence-electron chi connectivity index (χ2n) is 7.40. The van der Waals surface area contributed by atoms with Crippen molar-refractivity contribution in [3.05, 3.63) is 95.4 Å². The fraction of sp³-hybridized carbons (Fsp3) is 0.0800. The van der Waals surface area contributed by atoms with Crippen LogP contribution >= 0.6 is 0 Å². The number of carbonyl (C=O) groups is 3. The van der Waals surface area contributed by atoms with Gasteiger partial charge in [-0.2, -0.15) is 0 Å². The lowest BCUT2D eigenvalue weighted by Crippen LogP contribution is -2.33. The normalized spacial score (nSPS) is 13.5. The van der Waals surface area contributed by atoms with Crippen LogP contribution in [0.5, 0.6) is 0 Å². The number of benzene rings is 3. The Morgan fingerprint density at radius 1 is 0.844 bits per heavy atom. The fourth-order valence-electron chi connectivity index (χ4n) is 3.47. The van der Waals surface area contributed by atoms with E-state index in [4.69, 9.17) is 0 Å². The van der Waals surface area contributed by atoms with Crippen molar-refractivity contribution in [3.63, 3.8) is 0 Å². The molecule has 0 saturated heterocycles. The van der Waals surface area contributed by atoms with Crippen molar-refractivity contribution in [1.82, 2.24) is 0 Å². The molecule has 1 aliphatic heterocycles. The summed E-state index contributed by atoms with van der Waals surface area (Å²) < 4.78 is 14.5. The van der Waals surface area contributed by atoms with Gasteiger partial charge in [0.1, 0.15) is 11.5 Å². The highest BCUT2D eigenvalue weighted by Gasteiger charge is 2.41. The smallest absolute Gasteiger partial charge is 0.282 e. The zero-order valence-electron chi connectivity index (χ0n) is 17.5. The van der Waals surface area contributed by atoms with Crippen LogP contribution in [0, 0.1) is 12.7 Å². The van der Waals surface area contributed by atoms with Crippen LogP contribution in [-0.4, -0.2) is 17.7 Å². The van der Waals surface area contributed by atoms with E-state index < -0.39 is 17.6 Å². The highest BCUT2D eigenvalue weighted by atomic mass is 19.1. The number of amides is 3. The minimum absolute atomic E-state index is 0.0504. The van der Waals surface area contributed by atoms with Crippen LogP contribution in [0.4, 0.5) is 21.5 Å². The lowest BCUT2D eigenvalue weighted by atomic mass is 10.0. The van der Waals surface area contributed by atoms with E-state index in [1.54, 1.807) is 42.5 Å². The van der Waals surface area contributed by atoms with Gasteiger partial charge < -0.3 is 10.6 Å². The number of imide groups is 1. The van der Waals surface area contributed by atoms with Crippen LogP contribution in [0.15, 0.2) is 78.5 Å². The molecule has 2 N–H and O–H groups in total. The minimum Gasteiger partial charge on any atom is -0.350 e. The molecule has 0 saturated carbocycles. The summed E-state index contributed by atoms with van der Waals surface area (Å²) in [6, 6.07) is 19.5. The Labute approximate surface area is 184 Å². The number of carbonyl (C=O) groups excluding carboxylic acids is 3. The highest BCUT2D eigenvalue weighted by Crippen LogP contribution is 2.35. The molecular formula is C25H20FN3O3. The Kier molecular flexibility index (Phi) is 5.55. The minimum atomic E-state index is -0.675. The van der Waals surface area contributed by atoms with Gasteiger partial charge in [-0.15, -0.1) is 0 Å². The summed E-state index contributed by atoms with van der Waals surface area (Å²) in [5.74, 6) is -2.19. The van der Waals surface area contributed by atoms with Crippen LogP contribution < -0.4 is 15.5 Å². The molecule has 4 rings (SSSR count). The van der Waals surface area contributed by atoms with Gasteiger partial charge in [0, 0.05) is 18.3 Å². The van der Waals surface area contributed by atoms with E-state index in [1.807, 2.05) is 19.1 Å². The molecule has 0 radical (unpaired) electrons. The molecule has 0 fully saturated rings. The Hall–Kier alpha value is -4.26. The van der Waals surface area contributed by atoms with E-state index in [0.29, 0.717) is 16.9 Å². The number of nitrogens with zero attached hydrogens (tertiary/aromatic N) is 1. The standard InChI is InChI=1S/C25H20FN3O3/c1-15-7-11-19(12-8-15)28-23-22(17-9-13-18(14-10-17)27-16(2)30)24(31)29(25(23)32)21-6-4-3-5-20(21)26/h3-14,28H,1-2H3,(H,27,30). The third-order valence-electron chi connectivity index (χ3n) is 4.99. The first-order valence-corrected chi connectivity index (χ1v) is 9.94. The molecule has 0 bridgehead atoms. The Bertz CT molecular complexity index is 1250. The molecule has 0 unspecified atom stereocenters. The van der Waals surface area contributed by atoms with Crippen molar-refractivity contribution < 1.29 is 18.8 Å². The molecule has 32 heavy (non-hydrogen) atoms. The number of rotatable bonds is 5. The lowest BCUT2D eigenvalue weighted by Gasteiger charge is -2.16. The molecule has 0 aromatic heterocycles. The Morgan fingerprint density at radius 2 is 1.47 bits per heavy atom. The average molecular weight is 429 g/mol. The van der Waals surface area contributed by atoms with Crippen LogP contribution in [0.25, 0.3) is 5.57 Å². The number of anilines is 3. The van der Waals surface area contributed by atoms with Gasteiger partial charge in [0.15, 0.2) is 0 Å². The third-order valence-corrected chi connectivity index (χ3v) is 4.99. The third kappa shape index (κ3) is 4.00. The predicted molar refractivity (Wildman–Crippen MR) is 121 cm³/mol. The van der Waals surface area contributed by atoms with Crippen LogP contribution in [0.1, 0.15) is 18.1 Å². The summed E-state index contributed by atoms with van der Waals surface area (Å²) in [7, 11) is 0. The van der Waals surface area contributed by atoms with Crippen molar-refractivity contribution in [3.8, 4) is 0 Å². The van der Waals surface area contributed by atoms with Crippen LogP contribution in [0.3, 0.4) is 0 Å². The van der Waals surface area contributed by atoms with Crippen molar-refractivity contribution in [2.24, 2.45) is 0 Å².